The van der Waals surface area contributed by atoms with Crippen LogP contribution in [0.5, 0.6) is 0 Å². The van der Waals surface area contributed by atoms with Crippen LogP contribution in [0.2, 0.25) is 0 Å². The van der Waals surface area contributed by atoms with Crippen molar-refractivity contribution in [3.05, 3.63) is 40.7 Å². The fourth-order valence-electron chi connectivity index (χ4n) is 1.13. The lowest BCUT2D eigenvalue weighted by molar-refractivity contribution is 0.0697. The van der Waals surface area contributed by atoms with Gasteiger partial charge in [0.15, 0.2) is 5.51 Å². The molecule has 1 radical (unpaired) electrons. The van der Waals surface area contributed by atoms with Gasteiger partial charge in [-0.1, -0.05) is 12.1 Å². The zero-order valence-corrected chi connectivity index (χ0v) is 7.91. The van der Waals surface area contributed by atoms with Crippen LogP contribution >= 0.6 is 11.3 Å². The first-order valence-corrected chi connectivity index (χ1v) is 4.80. The zero-order chi connectivity index (χ0) is 9.97. The van der Waals surface area contributed by atoms with E-state index in [1.54, 1.807) is 18.2 Å². The fourth-order valence-corrected chi connectivity index (χ4v) is 1.63. The van der Waals surface area contributed by atoms with Crippen LogP contribution < -0.4 is 0 Å². The standard InChI is InChI=1S/C10H6NO2S/c12-10(13)8-3-1-2-7(4-8)9-5-14-6-11-9/h1-5H,(H,12,13). The second-order valence-electron chi connectivity index (χ2n) is 2.71. The van der Waals surface area contributed by atoms with Gasteiger partial charge in [0.1, 0.15) is 0 Å². The Bertz CT molecular complexity index is 451. The molecule has 1 N–H and O–H groups in total. The molecule has 0 amide bonds. The van der Waals surface area contributed by atoms with Gasteiger partial charge >= 0.3 is 5.97 Å². The van der Waals surface area contributed by atoms with Crippen molar-refractivity contribution in [1.82, 2.24) is 4.98 Å². The number of hydrogen-bond acceptors (Lipinski definition) is 3. The topological polar surface area (TPSA) is 50.2 Å². The molecule has 2 rings (SSSR count). The molecule has 69 valence electrons. The van der Waals surface area contributed by atoms with Gasteiger partial charge in [0.2, 0.25) is 0 Å². The molecular formula is C10H6NO2S. The van der Waals surface area contributed by atoms with Gasteiger partial charge in [0.25, 0.3) is 0 Å². The number of carboxylic acids is 1. The van der Waals surface area contributed by atoms with Crippen molar-refractivity contribution in [2.24, 2.45) is 0 Å². The molecule has 0 saturated heterocycles. The second kappa shape index (κ2) is 3.59. The summed E-state index contributed by atoms with van der Waals surface area (Å²) in [4.78, 5) is 14.7. The molecule has 0 aliphatic carbocycles. The average molecular weight is 204 g/mol. The van der Waals surface area contributed by atoms with Gasteiger partial charge in [-0.15, -0.1) is 11.3 Å². The molecule has 0 bridgehead atoms. The van der Waals surface area contributed by atoms with E-state index in [0.717, 1.165) is 11.3 Å². The number of carboxylic acid groups (broad SMARTS) is 1. The van der Waals surface area contributed by atoms with E-state index >= 15 is 0 Å². The predicted molar refractivity (Wildman–Crippen MR) is 53.3 cm³/mol. The maximum atomic E-state index is 10.7. The summed E-state index contributed by atoms with van der Waals surface area (Å²) in [5.74, 6) is -0.925. The Morgan fingerprint density at radius 2 is 2.36 bits per heavy atom. The fraction of sp³-hybridized carbons (Fsp3) is 0. The van der Waals surface area contributed by atoms with Crippen molar-refractivity contribution in [2.75, 3.05) is 0 Å². The number of thiazole rings is 1. The highest BCUT2D eigenvalue weighted by Gasteiger charge is 2.05. The average Bonchev–Trinajstić information content (AvgIpc) is 2.71. The lowest BCUT2D eigenvalue weighted by Gasteiger charge is -1.98. The van der Waals surface area contributed by atoms with E-state index in [-0.39, 0.29) is 5.56 Å². The summed E-state index contributed by atoms with van der Waals surface area (Å²) in [7, 11) is 0. The van der Waals surface area contributed by atoms with Crippen molar-refractivity contribution >= 4 is 17.3 Å². The summed E-state index contributed by atoms with van der Waals surface area (Å²) in [5, 5.41) is 10.6. The van der Waals surface area contributed by atoms with Gasteiger partial charge in [-0.05, 0) is 12.1 Å². The number of aromatic nitrogens is 1. The first-order chi connectivity index (χ1) is 6.77. The number of hydrogen-bond donors (Lipinski definition) is 1. The number of benzene rings is 1. The Balaban J connectivity index is 2.46. The Morgan fingerprint density at radius 1 is 1.50 bits per heavy atom. The molecule has 0 atom stereocenters. The highest BCUT2D eigenvalue weighted by molar-refractivity contribution is 7.07. The smallest absolute Gasteiger partial charge is 0.335 e. The lowest BCUT2D eigenvalue weighted by atomic mass is 10.1. The molecule has 1 aromatic heterocycles. The Labute approximate surface area is 84.7 Å². The van der Waals surface area contributed by atoms with Crippen LogP contribution in [-0.4, -0.2) is 16.1 Å². The third-order valence-electron chi connectivity index (χ3n) is 1.79. The lowest BCUT2D eigenvalue weighted by Crippen LogP contribution is -1.95. The number of aromatic carboxylic acids is 1. The molecule has 0 spiro atoms. The van der Waals surface area contributed by atoms with Gasteiger partial charge in [0, 0.05) is 10.9 Å². The molecular weight excluding hydrogens is 198 g/mol. The Hall–Kier alpha value is -1.68. The molecule has 0 fully saturated rings. The van der Waals surface area contributed by atoms with Crippen LogP contribution in [0.15, 0.2) is 29.6 Å². The van der Waals surface area contributed by atoms with Gasteiger partial charge in [-0.3, -0.25) is 0 Å². The van der Waals surface area contributed by atoms with E-state index in [4.69, 9.17) is 5.11 Å². The van der Waals surface area contributed by atoms with Crippen LogP contribution in [0.4, 0.5) is 0 Å². The normalized spacial score (nSPS) is 10.0. The third kappa shape index (κ3) is 1.65. The van der Waals surface area contributed by atoms with E-state index in [0.29, 0.717) is 0 Å². The maximum Gasteiger partial charge on any atom is 0.335 e. The molecule has 4 heteroatoms. The monoisotopic (exact) mass is 204 g/mol. The summed E-state index contributed by atoms with van der Waals surface area (Å²) in [6, 6.07) is 6.70. The van der Waals surface area contributed by atoms with Crippen molar-refractivity contribution < 1.29 is 9.90 Å². The molecule has 3 nitrogen and oxygen atoms in total. The molecule has 2 aromatic rings. The van der Waals surface area contributed by atoms with Gasteiger partial charge < -0.3 is 5.11 Å². The highest BCUT2D eigenvalue weighted by Crippen LogP contribution is 2.19. The van der Waals surface area contributed by atoms with Crippen molar-refractivity contribution in [1.29, 1.82) is 0 Å². The minimum atomic E-state index is -0.925. The number of nitrogens with zero attached hydrogens (tertiary/aromatic N) is 1. The van der Waals surface area contributed by atoms with Crippen LogP contribution in [0, 0.1) is 5.51 Å². The number of rotatable bonds is 2. The summed E-state index contributed by atoms with van der Waals surface area (Å²) < 4.78 is 0. The van der Waals surface area contributed by atoms with E-state index in [1.807, 2.05) is 11.4 Å². The number of carbonyl (C=O) groups is 1. The van der Waals surface area contributed by atoms with E-state index in [1.165, 1.54) is 11.3 Å². The summed E-state index contributed by atoms with van der Waals surface area (Å²) in [6.07, 6.45) is 0. The van der Waals surface area contributed by atoms with Crippen molar-refractivity contribution in [3.8, 4) is 11.3 Å². The van der Waals surface area contributed by atoms with Crippen LogP contribution in [0.3, 0.4) is 0 Å². The molecule has 14 heavy (non-hydrogen) atoms. The van der Waals surface area contributed by atoms with Crippen LogP contribution in [0.25, 0.3) is 11.3 Å². The minimum absolute atomic E-state index is 0.274. The van der Waals surface area contributed by atoms with E-state index in [2.05, 4.69) is 10.5 Å². The van der Waals surface area contributed by atoms with Crippen molar-refractivity contribution in [2.45, 2.75) is 0 Å². The molecule has 0 unspecified atom stereocenters. The zero-order valence-electron chi connectivity index (χ0n) is 7.10. The Kier molecular flexibility index (Phi) is 2.28. The second-order valence-corrected chi connectivity index (χ2v) is 3.36. The quantitative estimate of drug-likeness (QED) is 0.816. The molecule has 0 aliphatic heterocycles. The summed E-state index contributed by atoms with van der Waals surface area (Å²) in [6.45, 7) is 0. The van der Waals surface area contributed by atoms with E-state index < -0.39 is 5.97 Å². The summed E-state index contributed by atoms with van der Waals surface area (Å²) in [5.41, 5.74) is 4.56. The first kappa shape index (κ1) is 8.90. The Morgan fingerprint density at radius 3 is 3.00 bits per heavy atom. The predicted octanol–water partition coefficient (Wildman–Crippen LogP) is 2.31. The van der Waals surface area contributed by atoms with Crippen molar-refractivity contribution in [3.63, 3.8) is 0 Å². The molecule has 1 heterocycles. The van der Waals surface area contributed by atoms with Crippen LogP contribution in [0.1, 0.15) is 10.4 Å². The molecule has 0 aliphatic rings. The summed E-state index contributed by atoms with van der Waals surface area (Å²) >= 11 is 1.37. The SMILES string of the molecule is O=C(O)c1cccc(-c2cs[c]n2)c1. The van der Waals surface area contributed by atoms with E-state index in [9.17, 15) is 4.79 Å². The minimum Gasteiger partial charge on any atom is -0.478 e. The largest absolute Gasteiger partial charge is 0.478 e. The van der Waals surface area contributed by atoms with Gasteiger partial charge in [0.05, 0.1) is 11.3 Å². The molecule has 1 aromatic carbocycles. The first-order valence-electron chi connectivity index (χ1n) is 3.92. The molecule has 0 saturated carbocycles. The maximum absolute atomic E-state index is 10.7. The third-order valence-corrected chi connectivity index (χ3v) is 2.33. The highest BCUT2D eigenvalue weighted by atomic mass is 32.1. The van der Waals surface area contributed by atoms with Crippen LogP contribution in [-0.2, 0) is 0 Å². The van der Waals surface area contributed by atoms with Gasteiger partial charge in [-0.25, -0.2) is 9.78 Å². The van der Waals surface area contributed by atoms with Gasteiger partial charge in [-0.2, -0.15) is 0 Å².